The van der Waals surface area contributed by atoms with Gasteiger partial charge in [-0.25, -0.2) is 4.79 Å². The molecular weight excluding hydrogens is 406 g/mol. The van der Waals surface area contributed by atoms with E-state index in [9.17, 15) is 14.4 Å². The SMILES string of the molecule is O=C1CC[C@@H](C(=O)C2CC(c3ccc(NC(=O)N4Cc5ccncc5C4)cc3)=CCN2)N1. The van der Waals surface area contributed by atoms with E-state index in [1.165, 1.54) is 0 Å². The van der Waals surface area contributed by atoms with Crippen LogP contribution in [0.1, 0.15) is 36.0 Å². The van der Waals surface area contributed by atoms with Gasteiger partial charge in [-0.15, -0.1) is 0 Å². The summed E-state index contributed by atoms with van der Waals surface area (Å²) in [6, 6.07) is 8.82. The molecule has 1 fully saturated rings. The number of urea groups is 1. The maximum absolute atomic E-state index is 12.7. The van der Waals surface area contributed by atoms with Crippen LogP contribution in [0.5, 0.6) is 0 Å². The zero-order valence-electron chi connectivity index (χ0n) is 17.6. The molecule has 0 bridgehead atoms. The van der Waals surface area contributed by atoms with Gasteiger partial charge in [-0.1, -0.05) is 18.2 Å². The first-order valence-corrected chi connectivity index (χ1v) is 10.9. The highest BCUT2D eigenvalue weighted by molar-refractivity contribution is 5.96. The van der Waals surface area contributed by atoms with Crippen molar-refractivity contribution in [1.82, 2.24) is 20.5 Å². The van der Waals surface area contributed by atoms with E-state index in [0.29, 0.717) is 38.9 Å². The van der Waals surface area contributed by atoms with Gasteiger partial charge in [-0.05, 0) is 53.3 Å². The molecule has 1 aromatic carbocycles. The average Bonchev–Trinajstić information content (AvgIpc) is 3.45. The van der Waals surface area contributed by atoms with Crippen LogP contribution in [0, 0.1) is 0 Å². The van der Waals surface area contributed by atoms with Gasteiger partial charge in [0.2, 0.25) is 5.91 Å². The van der Waals surface area contributed by atoms with Crippen LogP contribution < -0.4 is 16.0 Å². The van der Waals surface area contributed by atoms with Gasteiger partial charge in [0.05, 0.1) is 12.1 Å². The second kappa shape index (κ2) is 8.55. The Balaban J connectivity index is 1.19. The van der Waals surface area contributed by atoms with E-state index in [-0.39, 0.29) is 29.8 Å². The molecule has 5 rings (SSSR count). The molecule has 1 unspecified atom stereocenters. The molecule has 2 aromatic rings. The van der Waals surface area contributed by atoms with Crippen molar-refractivity contribution < 1.29 is 14.4 Å². The molecule has 3 aliphatic heterocycles. The highest BCUT2D eigenvalue weighted by Gasteiger charge is 2.33. The van der Waals surface area contributed by atoms with E-state index in [1.807, 2.05) is 36.5 Å². The van der Waals surface area contributed by atoms with Gasteiger partial charge in [-0.2, -0.15) is 0 Å². The number of nitrogens with one attached hydrogen (secondary N) is 3. The number of aromatic nitrogens is 1. The topological polar surface area (TPSA) is 103 Å². The maximum Gasteiger partial charge on any atom is 0.322 e. The lowest BCUT2D eigenvalue weighted by atomic mass is 9.90. The predicted octanol–water partition coefficient (Wildman–Crippen LogP) is 2.22. The van der Waals surface area contributed by atoms with Crippen LogP contribution >= 0.6 is 0 Å². The molecule has 1 aromatic heterocycles. The van der Waals surface area contributed by atoms with Crippen molar-refractivity contribution in [2.45, 2.75) is 44.4 Å². The summed E-state index contributed by atoms with van der Waals surface area (Å²) in [5.41, 5.74) is 5.05. The highest BCUT2D eigenvalue weighted by atomic mass is 16.2. The summed E-state index contributed by atoms with van der Waals surface area (Å²) in [6.07, 6.45) is 7.21. The third-order valence-corrected chi connectivity index (χ3v) is 6.34. The Labute approximate surface area is 186 Å². The average molecular weight is 431 g/mol. The van der Waals surface area contributed by atoms with Crippen molar-refractivity contribution in [2.75, 3.05) is 11.9 Å². The monoisotopic (exact) mass is 431 g/mol. The molecule has 4 heterocycles. The number of fused-ring (bicyclic) bond motifs is 1. The van der Waals surface area contributed by atoms with Crippen LogP contribution in [0.3, 0.4) is 0 Å². The van der Waals surface area contributed by atoms with Crippen LogP contribution in [0.25, 0.3) is 5.57 Å². The number of hydrogen-bond acceptors (Lipinski definition) is 5. The number of carbonyl (C=O) groups is 3. The molecule has 3 aliphatic rings. The summed E-state index contributed by atoms with van der Waals surface area (Å²) in [4.78, 5) is 42.7. The highest BCUT2D eigenvalue weighted by Crippen LogP contribution is 2.26. The predicted molar refractivity (Wildman–Crippen MR) is 120 cm³/mol. The number of Topliss-reactive ketones (excluding diaryl/α,β-unsaturated/α-hetero) is 1. The first-order valence-electron chi connectivity index (χ1n) is 10.9. The number of anilines is 1. The van der Waals surface area contributed by atoms with Crippen molar-refractivity contribution in [3.63, 3.8) is 0 Å². The summed E-state index contributed by atoms with van der Waals surface area (Å²) >= 11 is 0. The third-order valence-electron chi connectivity index (χ3n) is 6.34. The minimum absolute atomic E-state index is 0.0483. The van der Waals surface area contributed by atoms with E-state index in [0.717, 1.165) is 28.0 Å². The first kappa shape index (κ1) is 20.4. The van der Waals surface area contributed by atoms with Gasteiger partial charge in [-0.3, -0.25) is 14.6 Å². The van der Waals surface area contributed by atoms with Crippen LogP contribution in [-0.2, 0) is 22.7 Å². The van der Waals surface area contributed by atoms with E-state index in [4.69, 9.17) is 0 Å². The van der Waals surface area contributed by atoms with Gasteiger partial charge in [0.25, 0.3) is 0 Å². The lowest BCUT2D eigenvalue weighted by Crippen LogP contribution is -2.48. The van der Waals surface area contributed by atoms with E-state index >= 15 is 0 Å². The quantitative estimate of drug-likeness (QED) is 0.689. The molecule has 8 heteroatoms. The number of pyridine rings is 1. The largest absolute Gasteiger partial charge is 0.346 e. The van der Waals surface area contributed by atoms with Crippen molar-refractivity contribution in [3.05, 3.63) is 65.5 Å². The molecule has 0 spiro atoms. The molecule has 164 valence electrons. The van der Waals surface area contributed by atoms with Crippen LogP contribution in [0.15, 0.2) is 48.8 Å². The van der Waals surface area contributed by atoms with E-state index in [1.54, 1.807) is 11.1 Å². The fraction of sp³-hybridized carbons (Fsp3) is 0.333. The molecule has 1 saturated heterocycles. The fourth-order valence-electron chi connectivity index (χ4n) is 4.54. The smallest absolute Gasteiger partial charge is 0.322 e. The summed E-state index contributed by atoms with van der Waals surface area (Å²) in [7, 11) is 0. The van der Waals surface area contributed by atoms with E-state index < -0.39 is 0 Å². The Kier molecular flexibility index (Phi) is 5.45. The molecule has 3 amide bonds. The normalized spacial score (nSPS) is 22.2. The number of amides is 3. The zero-order chi connectivity index (χ0) is 22.1. The van der Waals surface area contributed by atoms with Gasteiger partial charge in [0, 0.05) is 44.1 Å². The molecule has 8 nitrogen and oxygen atoms in total. The number of nitrogens with zero attached hydrogens (tertiary/aromatic N) is 2. The number of rotatable bonds is 4. The molecule has 32 heavy (non-hydrogen) atoms. The summed E-state index contributed by atoms with van der Waals surface area (Å²) < 4.78 is 0. The van der Waals surface area contributed by atoms with E-state index in [2.05, 4.69) is 27.0 Å². The van der Waals surface area contributed by atoms with Crippen LogP contribution in [0.2, 0.25) is 0 Å². The summed E-state index contributed by atoms with van der Waals surface area (Å²) in [5, 5.41) is 8.96. The van der Waals surface area contributed by atoms with Gasteiger partial charge < -0.3 is 20.9 Å². The van der Waals surface area contributed by atoms with Crippen molar-refractivity contribution in [2.24, 2.45) is 0 Å². The third kappa shape index (κ3) is 4.13. The molecule has 0 radical (unpaired) electrons. The molecule has 0 aliphatic carbocycles. The Morgan fingerprint density at radius 1 is 1.06 bits per heavy atom. The first-order chi connectivity index (χ1) is 15.6. The number of hydrogen-bond donors (Lipinski definition) is 3. The molecule has 2 atom stereocenters. The van der Waals surface area contributed by atoms with Gasteiger partial charge in [0.15, 0.2) is 5.78 Å². The number of carbonyl (C=O) groups excluding carboxylic acids is 3. The van der Waals surface area contributed by atoms with Crippen molar-refractivity contribution in [1.29, 1.82) is 0 Å². The van der Waals surface area contributed by atoms with Crippen LogP contribution in [0.4, 0.5) is 10.5 Å². The minimum Gasteiger partial charge on any atom is -0.346 e. The maximum atomic E-state index is 12.7. The number of ketones is 1. The Morgan fingerprint density at radius 3 is 2.62 bits per heavy atom. The number of benzene rings is 1. The molecular formula is C24H25N5O3. The summed E-state index contributed by atoms with van der Waals surface area (Å²) in [6.45, 7) is 1.75. The second-order valence-electron chi connectivity index (χ2n) is 8.46. The summed E-state index contributed by atoms with van der Waals surface area (Å²) in [5.74, 6) is -0.00539. The Morgan fingerprint density at radius 2 is 1.88 bits per heavy atom. The minimum atomic E-state index is -0.385. The van der Waals surface area contributed by atoms with Crippen LogP contribution in [-0.4, -0.2) is 46.2 Å². The fourth-order valence-corrected chi connectivity index (χ4v) is 4.54. The zero-order valence-corrected chi connectivity index (χ0v) is 17.6. The molecule has 3 N–H and O–H groups in total. The van der Waals surface area contributed by atoms with Gasteiger partial charge >= 0.3 is 6.03 Å². The Bertz CT molecular complexity index is 1070. The molecule has 0 saturated carbocycles. The van der Waals surface area contributed by atoms with Gasteiger partial charge in [0.1, 0.15) is 0 Å². The lowest BCUT2D eigenvalue weighted by Gasteiger charge is -2.25. The van der Waals surface area contributed by atoms with Crippen molar-refractivity contribution >= 4 is 29.0 Å². The second-order valence-corrected chi connectivity index (χ2v) is 8.46. The standard InChI is InChI=1S/C24H25N5O3/c30-22-6-5-20(28-22)23(31)21-11-16(8-10-26-21)15-1-3-19(4-2-15)27-24(32)29-13-17-7-9-25-12-18(17)14-29/h1-4,7-9,12,20-21,26H,5-6,10-11,13-14H2,(H,27,32)(H,28,30)/t20-,21?/m0/s1. The van der Waals surface area contributed by atoms with Crippen molar-refractivity contribution in [3.8, 4) is 0 Å². The lowest BCUT2D eigenvalue weighted by molar-refractivity contribution is -0.125. The Hall–Kier alpha value is -3.52.